The molecule has 1 aliphatic carbocycles. The number of benzene rings is 1. The van der Waals surface area contributed by atoms with E-state index in [-0.39, 0.29) is 17.7 Å². The van der Waals surface area contributed by atoms with Gasteiger partial charge in [-0.05, 0) is 50.4 Å². The van der Waals surface area contributed by atoms with E-state index in [9.17, 15) is 9.59 Å². The van der Waals surface area contributed by atoms with Gasteiger partial charge in [0.1, 0.15) is 0 Å². The van der Waals surface area contributed by atoms with E-state index < -0.39 is 0 Å². The molecule has 3 rings (SSSR count). The zero-order chi connectivity index (χ0) is 17.1. The Morgan fingerprint density at radius 1 is 1.33 bits per heavy atom. The molecule has 0 bridgehead atoms. The predicted molar refractivity (Wildman–Crippen MR) is 97.3 cm³/mol. The maximum Gasteiger partial charge on any atom is 0.227 e. The van der Waals surface area contributed by atoms with Crippen LogP contribution in [0.3, 0.4) is 0 Å². The standard InChI is InChI=1S/C18H25N3O2S/c1-20(14-3-4-14)10-9-19-18(23)13-11-17(22)21(12-13)15-5-7-16(24-2)8-6-15/h5-8,13-14H,3-4,9-12H2,1-2H3,(H,19,23)/t13-/m1/s1. The van der Waals surface area contributed by atoms with Crippen molar-refractivity contribution >= 4 is 29.3 Å². The fourth-order valence-corrected chi connectivity index (χ4v) is 3.50. The molecule has 2 aliphatic rings. The van der Waals surface area contributed by atoms with Crippen molar-refractivity contribution in [2.75, 3.05) is 37.8 Å². The summed E-state index contributed by atoms with van der Waals surface area (Å²) < 4.78 is 0. The van der Waals surface area contributed by atoms with Crippen LogP contribution in [-0.4, -0.2) is 55.7 Å². The number of anilines is 1. The summed E-state index contributed by atoms with van der Waals surface area (Å²) in [5.74, 6) is -0.220. The second-order valence-corrected chi connectivity index (χ2v) is 7.49. The molecule has 5 nitrogen and oxygen atoms in total. The predicted octanol–water partition coefficient (Wildman–Crippen LogP) is 1.97. The Hall–Kier alpha value is -1.53. The lowest BCUT2D eigenvalue weighted by Crippen LogP contribution is -2.38. The minimum Gasteiger partial charge on any atom is -0.355 e. The minimum atomic E-state index is -0.246. The topological polar surface area (TPSA) is 52.7 Å². The summed E-state index contributed by atoms with van der Waals surface area (Å²) in [5.41, 5.74) is 0.876. The van der Waals surface area contributed by atoms with Crippen LogP contribution in [0.2, 0.25) is 0 Å². The zero-order valence-corrected chi connectivity index (χ0v) is 15.1. The first-order valence-electron chi connectivity index (χ1n) is 8.51. The number of carbonyl (C=O) groups is 2. The smallest absolute Gasteiger partial charge is 0.227 e. The maximum absolute atomic E-state index is 12.3. The molecule has 130 valence electrons. The fraction of sp³-hybridized carbons (Fsp3) is 0.556. The number of hydrogen-bond donors (Lipinski definition) is 1. The Labute approximate surface area is 147 Å². The van der Waals surface area contributed by atoms with Crippen LogP contribution in [0.15, 0.2) is 29.2 Å². The highest BCUT2D eigenvalue weighted by Crippen LogP contribution is 2.27. The highest BCUT2D eigenvalue weighted by atomic mass is 32.2. The molecular weight excluding hydrogens is 322 g/mol. The lowest BCUT2D eigenvalue weighted by molar-refractivity contribution is -0.126. The van der Waals surface area contributed by atoms with Crippen LogP contribution in [0, 0.1) is 5.92 Å². The average molecular weight is 347 g/mol. The Morgan fingerprint density at radius 3 is 2.67 bits per heavy atom. The summed E-state index contributed by atoms with van der Waals surface area (Å²) in [6.45, 7) is 2.00. The van der Waals surface area contributed by atoms with E-state index in [4.69, 9.17) is 0 Å². The molecule has 1 saturated heterocycles. The Morgan fingerprint density at radius 2 is 2.04 bits per heavy atom. The number of hydrogen-bond acceptors (Lipinski definition) is 4. The third-order valence-electron chi connectivity index (χ3n) is 4.81. The van der Waals surface area contributed by atoms with E-state index in [1.165, 1.54) is 17.7 Å². The van der Waals surface area contributed by atoms with Crippen molar-refractivity contribution in [2.45, 2.75) is 30.2 Å². The first-order valence-corrected chi connectivity index (χ1v) is 9.73. The van der Waals surface area contributed by atoms with E-state index in [0.717, 1.165) is 12.2 Å². The van der Waals surface area contributed by atoms with Gasteiger partial charge in [0.2, 0.25) is 11.8 Å². The molecule has 1 saturated carbocycles. The summed E-state index contributed by atoms with van der Waals surface area (Å²) >= 11 is 1.67. The molecular formula is C18H25N3O2S. The second kappa shape index (κ2) is 7.57. The fourth-order valence-electron chi connectivity index (χ4n) is 3.09. The van der Waals surface area contributed by atoms with Crippen molar-refractivity contribution in [2.24, 2.45) is 5.92 Å². The molecule has 0 unspecified atom stereocenters. The van der Waals surface area contributed by atoms with E-state index >= 15 is 0 Å². The molecule has 6 heteroatoms. The highest BCUT2D eigenvalue weighted by molar-refractivity contribution is 7.98. The molecule has 1 aromatic rings. The van der Waals surface area contributed by atoms with Crippen LogP contribution in [0.25, 0.3) is 0 Å². The summed E-state index contributed by atoms with van der Waals surface area (Å²) in [5, 5.41) is 2.99. The first kappa shape index (κ1) is 17.3. The summed E-state index contributed by atoms with van der Waals surface area (Å²) in [6.07, 6.45) is 4.86. The van der Waals surface area contributed by atoms with E-state index in [2.05, 4.69) is 17.3 Å². The number of likely N-dealkylation sites (N-methyl/N-ethyl adjacent to an activating group) is 1. The second-order valence-electron chi connectivity index (χ2n) is 6.61. The van der Waals surface area contributed by atoms with Crippen molar-refractivity contribution in [3.8, 4) is 0 Å². The number of carbonyl (C=O) groups excluding carboxylic acids is 2. The zero-order valence-electron chi connectivity index (χ0n) is 14.3. The van der Waals surface area contributed by atoms with Crippen LogP contribution in [0.4, 0.5) is 5.69 Å². The van der Waals surface area contributed by atoms with E-state index in [1.54, 1.807) is 16.7 Å². The van der Waals surface area contributed by atoms with Gasteiger partial charge in [-0.2, -0.15) is 0 Å². The molecule has 0 radical (unpaired) electrons. The summed E-state index contributed by atoms with van der Waals surface area (Å²) in [7, 11) is 2.10. The van der Waals surface area contributed by atoms with Gasteiger partial charge in [0.15, 0.2) is 0 Å². The lowest BCUT2D eigenvalue weighted by Gasteiger charge is -2.18. The average Bonchev–Trinajstić information content (AvgIpc) is 3.37. The number of nitrogens with one attached hydrogen (secondary N) is 1. The number of rotatable bonds is 7. The van der Waals surface area contributed by atoms with Crippen molar-refractivity contribution in [3.05, 3.63) is 24.3 Å². The molecule has 1 N–H and O–H groups in total. The first-order chi connectivity index (χ1) is 11.6. The normalized spacial score (nSPS) is 20.7. The molecule has 24 heavy (non-hydrogen) atoms. The SMILES string of the molecule is CSc1ccc(N2C[C@H](C(=O)NCCN(C)C3CC3)CC2=O)cc1. The van der Waals surface area contributed by atoms with Gasteiger partial charge in [0.05, 0.1) is 5.92 Å². The van der Waals surface area contributed by atoms with Crippen molar-refractivity contribution < 1.29 is 9.59 Å². The van der Waals surface area contributed by atoms with Crippen LogP contribution in [-0.2, 0) is 9.59 Å². The Balaban J connectivity index is 1.50. The number of nitrogens with zero attached hydrogens (tertiary/aromatic N) is 2. The van der Waals surface area contributed by atoms with Crippen LogP contribution < -0.4 is 10.2 Å². The van der Waals surface area contributed by atoms with Gasteiger partial charge >= 0.3 is 0 Å². The summed E-state index contributed by atoms with van der Waals surface area (Å²) in [6, 6.07) is 8.63. The maximum atomic E-state index is 12.3. The van der Waals surface area contributed by atoms with Gasteiger partial charge in [-0.15, -0.1) is 11.8 Å². The molecule has 0 spiro atoms. The van der Waals surface area contributed by atoms with Crippen molar-refractivity contribution in [1.29, 1.82) is 0 Å². The molecule has 2 amide bonds. The largest absolute Gasteiger partial charge is 0.355 e. The third-order valence-corrected chi connectivity index (χ3v) is 5.56. The monoisotopic (exact) mass is 347 g/mol. The minimum absolute atomic E-state index is 0.00391. The van der Waals surface area contributed by atoms with Crippen LogP contribution in [0.5, 0.6) is 0 Å². The Kier molecular flexibility index (Phi) is 5.46. The molecule has 1 heterocycles. The van der Waals surface area contributed by atoms with Crippen molar-refractivity contribution in [1.82, 2.24) is 10.2 Å². The van der Waals surface area contributed by atoms with Crippen LogP contribution in [0.1, 0.15) is 19.3 Å². The quantitative estimate of drug-likeness (QED) is 0.766. The molecule has 2 fully saturated rings. The molecule has 1 aromatic carbocycles. The molecule has 0 aromatic heterocycles. The molecule has 1 aliphatic heterocycles. The Bertz CT molecular complexity index is 601. The van der Waals surface area contributed by atoms with Gasteiger partial charge in [-0.25, -0.2) is 0 Å². The third kappa shape index (κ3) is 4.11. The van der Waals surface area contributed by atoms with E-state index in [0.29, 0.717) is 25.6 Å². The lowest BCUT2D eigenvalue weighted by atomic mass is 10.1. The van der Waals surface area contributed by atoms with Gasteiger partial charge in [-0.3, -0.25) is 9.59 Å². The van der Waals surface area contributed by atoms with Gasteiger partial charge in [-0.1, -0.05) is 0 Å². The number of thioether (sulfide) groups is 1. The molecule has 1 atom stereocenters. The number of amides is 2. The summed E-state index contributed by atoms with van der Waals surface area (Å²) in [4.78, 5) is 29.8. The van der Waals surface area contributed by atoms with Crippen molar-refractivity contribution in [3.63, 3.8) is 0 Å². The van der Waals surface area contributed by atoms with Gasteiger partial charge < -0.3 is 15.1 Å². The van der Waals surface area contributed by atoms with E-state index in [1.807, 2.05) is 30.5 Å². The van der Waals surface area contributed by atoms with Crippen LogP contribution >= 0.6 is 11.8 Å². The van der Waals surface area contributed by atoms with Gasteiger partial charge in [0.25, 0.3) is 0 Å². The highest BCUT2D eigenvalue weighted by Gasteiger charge is 2.35. The van der Waals surface area contributed by atoms with Gasteiger partial charge in [0, 0.05) is 42.7 Å².